The Morgan fingerprint density at radius 3 is 2.93 bits per heavy atom. The van der Waals surface area contributed by atoms with Gasteiger partial charge in [-0.2, -0.15) is 0 Å². The Morgan fingerprint density at radius 1 is 1.13 bits per heavy atom. The number of nitrogens with one attached hydrogen (secondary N) is 1. The Bertz CT molecular complexity index is 173. The quantitative estimate of drug-likeness (QED) is 0.752. The summed E-state index contributed by atoms with van der Waals surface area (Å²) >= 11 is 0. The van der Waals surface area contributed by atoms with E-state index in [1.807, 2.05) is 0 Å². The predicted molar refractivity (Wildman–Crippen MR) is 65.1 cm³/mol. The molecule has 2 heterocycles. The van der Waals surface area contributed by atoms with Crippen molar-refractivity contribution in [2.45, 2.75) is 51.5 Å². The fourth-order valence-corrected chi connectivity index (χ4v) is 3.16. The lowest BCUT2D eigenvalue weighted by atomic mass is 9.88. The lowest BCUT2D eigenvalue weighted by Crippen LogP contribution is -2.45. The van der Waals surface area contributed by atoms with Crippen LogP contribution >= 0.6 is 0 Å². The molecule has 0 aliphatic carbocycles. The number of rotatable bonds is 2. The van der Waals surface area contributed by atoms with E-state index in [0.29, 0.717) is 0 Å². The highest BCUT2D eigenvalue weighted by molar-refractivity contribution is 4.83. The third kappa shape index (κ3) is 3.18. The maximum Gasteiger partial charge on any atom is 0.0107 e. The summed E-state index contributed by atoms with van der Waals surface area (Å²) in [6, 6.07) is 0.821. The van der Waals surface area contributed by atoms with E-state index < -0.39 is 0 Å². The fraction of sp³-hybridized carbons (Fsp3) is 1.00. The van der Waals surface area contributed by atoms with Gasteiger partial charge in [-0.1, -0.05) is 19.8 Å². The van der Waals surface area contributed by atoms with E-state index in [9.17, 15) is 0 Å². The Kier molecular flexibility index (Phi) is 4.45. The van der Waals surface area contributed by atoms with Crippen LogP contribution in [0.2, 0.25) is 0 Å². The molecule has 2 nitrogen and oxygen atoms in total. The maximum atomic E-state index is 3.77. The number of hydrogen-bond acceptors (Lipinski definition) is 2. The number of piperidine rings is 1. The summed E-state index contributed by atoms with van der Waals surface area (Å²) in [5.41, 5.74) is 0. The summed E-state index contributed by atoms with van der Waals surface area (Å²) in [6.07, 6.45) is 8.56. The fourth-order valence-electron chi connectivity index (χ4n) is 3.16. The van der Waals surface area contributed by atoms with Gasteiger partial charge in [-0.05, 0) is 51.2 Å². The molecule has 0 aromatic carbocycles. The van der Waals surface area contributed by atoms with Crippen molar-refractivity contribution < 1.29 is 0 Å². The summed E-state index contributed by atoms with van der Waals surface area (Å²) in [6.45, 7) is 7.47. The van der Waals surface area contributed by atoms with Crippen LogP contribution in [0.4, 0.5) is 0 Å². The smallest absolute Gasteiger partial charge is 0.0107 e. The molecule has 2 fully saturated rings. The van der Waals surface area contributed by atoms with Gasteiger partial charge in [0, 0.05) is 12.6 Å². The molecule has 0 unspecified atom stereocenters. The number of nitrogens with zero attached hydrogens (tertiary/aromatic N) is 1. The van der Waals surface area contributed by atoms with Gasteiger partial charge in [0.1, 0.15) is 0 Å². The third-order valence-corrected chi connectivity index (χ3v) is 4.16. The standard InChI is InChI=1S/C13H26N2/c1-2-15-10-6-7-12(11-15)13-8-4-3-5-9-14-13/h12-14H,2-11H2,1H3/t12-,13+/m1/s1. The molecule has 0 aromatic rings. The van der Waals surface area contributed by atoms with Gasteiger partial charge in [0.2, 0.25) is 0 Å². The van der Waals surface area contributed by atoms with Gasteiger partial charge in [0.25, 0.3) is 0 Å². The SMILES string of the molecule is CCN1CCC[C@@H]([C@@H]2CCCCCN2)C1. The van der Waals surface area contributed by atoms with Gasteiger partial charge in [-0.3, -0.25) is 0 Å². The zero-order valence-electron chi connectivity index (χ0n) is 10.2. The Morgan fingerprint density at radius 2 is 2.07 bits per heavy atom. The van der Waals surface area contributed by atoms with E-state index in [1.165, 1.54) is 64.7 Å². The molecule has 2 atom stereocenters. The van der Waals surface area contributed by atoms with Crippen molar-refractivity contribution in [1.82, 2.24) is 10.2 Å². The third-order valence-electron chi connectivity index (χ3n) is 4.16. The van der Waals surface area contributed by atoms with Gasteiger partial charge in [-0.25, -0.2) is 0 Å². The lowest BCUT2D eigenvalue weighted by Gasteiger charge is -2.36. The van der Waals surface area contributed by atoms with Gasteiger partial charge >= 0.3 is 0 Å². The predicted octanol–water partition coefficient (Wildman–Crippen LogP) is 2.25. The minimum Gasteiger partial charge on any atom is -0.314 e. The summed E-state index contributed by atoms with van der Waals surface area (Å²) in [7, 11) is 0. The Balaban J connectivity index is 1.84. The highest BCUT2D eigenvalue weighted by Gasteiger charge is 2.26. The highest BCUT2D eigenvalue weighted by Crippen LogP contribution is 2.24. The van der Waals surface area contributed by atoms with Crippen LogP contribution in [0.1, 0.15) is 45.4 Å². The van der Waals surface area contributed by atoms with Crippen molar-refractivity contribution in [3.8, 4) is 0 Å². The van der Waals surface area contributed by atoms with Gasteiger partial charge in [0.05, 0.1) is 0 Å². The van der Waals surface area contributed by atoms with Crippen LogP contribution in [-0.4, -0.2) is 37.1 Å². The van der Waals surface area contributed by atoms with Crippen molar-refractivity contribution in [2.75, 3.05) is 26.2 Å². The lowest BCUT2D eigenvalue weighted by molar-refractivity contribution is 0.150. The first-order chi connectivity index (χ1) is 7.40. The normalized spacial score (nSPS) is 35.0. The van der Waals surface area contributed by atoms with Crippen molar-refractivity contribution >= 4 is 0 Å². The average molecular weight is 210 g/mol. The van der Waals surface area contributed by atoms with E-state index in [4.69, 9.17) is 0 Å². The molecular formula is C13H26N2. The van der Waals surface area contributed by atoms with Crippen molar-refractivity contribution in [3.05, 3.63) is 0 Å². The topological polar surface area (TPSA) is 15.3 Å². The number of likely N-dealkylation sites (tertiary alicyclic amines) is 1. The summed E-state index contributed by atoms with van der Waals surface area (Å²) in [5.74, 6) is 0.928. The molecule has 15 heavy (non-hydrogen) atoms. The second kappa shape index (κ2) is 5.86. The molecule has 0 bridgehead atoms. The Labute approximate surface area is 94.4 Å². The summed E-state index contributed by atoms with van der Waals surface area (Å²) in [4.78, 5) is 2.63. The average Bonchev–Trinajstić information content (AvgIpc) is 2.58. The van der Waals surface area contributed by atoms with E-state index in [1.54, 1.807) is 0 Å². The highest BCUT2D eigenvalue weighted by atomic mass is 15.1. The van der Waals surface area contributed by atoms with Gasteiger partial charge in [-0.15, -0.1) is 0 Å². The number of hydrogen-bond donors (Lipinski definition) is 1. The van der Waals surface area contributed by atoms with Gasteiger partial charge in [0.15, 0.2) is 0 Å². The summed E-state index contributed by atoms with van der Waals surface area (Å²) in [5, 5.41) is 3.77. The first-order valence-corrected chi connectivity index (χ1v) is 6.86. The van der Waals surface area contributed by atoms with Crippen molar-refractivity contribution in [1.29, 1.82) is 0 Å². The van der Waals surface area contributed by atoms with Crippen LogP contribution in [0.3, 0.4) is 0 Å². The molecule has 0 amide bonds. The minimum absolute atomic E-state index is 0.821. The van der Waals surface area contributed by atoms with Crippen LogP contribution in [0, 0.1) is 5.92 Å². The largest absolute Gasteiger partial charge is 0.314 e. The van der Waals surface area contributed by atoms with Crippen LogP contribution in [0.25, 0.3) is 0 Å². The van der Waals surface area contributed by atoms with Crippen LogP contribution in [-0.2, 0) is 0 Å². The van der Waals surface area contributed by atoms with Crippen LogP contribution < -0.4 is 5.32 Å². The van der Waals surface area contributed by atoms with E-state index in [0.717, 1.165) is 12.0 Å². The second-order valence-electron chi connectivity index (χ2n) is 5.21. The molecule has 1 N–H and O–H groups in total. The van der Waals surface area contributed by atoms with E-state index >= 15 is 0 Å². The van der Waals surface area contributed by atoms with Gasteiger partial charge < -0.3 is 10.2 Å². The molecule has 0 radical (unpaired) electrons. The maximum absolute atomic E-state index is 3.77. The zero-order chi connectivity index (χ0) is 10.5. The molecule has 88 valence electrons. The molecule has 2 heteroatoms. The molecule has 2 rings (SSSR count). The van der Waals surface area contributed by atoms with Crippen LogP contribution in [0.15, 0.2) is 0 Å². The second-order valence-corrected chi connectivity index (χ2v) is 5.21. The van der Waals surface area contributed by atoms with Crippen molar-refractivity contribution in [2.24, 2.45) is 5.92 Å². The van der Waals surface area contributed by atoms with Crippen molar-refractivity contribution in [3.63, 3.8) is 0 Å². The first kappa shape index (κ1) is 11.4. The van der Waals surface area contributed by atoms with E-state index in [-0.39, 0.29) is 0 Å². The molecular weight excluding hydrogens is 184 g/mol. The molecule has 2 aliphatic rings. The molecule has 0 aromatic heterocycles. The molecule has 2 aliphatic heterocycles. The monoisotopic (exact) mass is 210 g/mol. The molecule has 0 spiro atoms. The summed E-state index contributed by atoms with van der Waals surface area (Å²) < 4.78 is 0. The molecule has 2 saturated heterocycles. The molecule has 0 saturated carbocycles. The Hall–Kier alpha value is -0.0800. The first-order valence-electron chi connectivity index (χ1n) is 6.86. The zero-order valence-corrected chi connectivity index (χ0v) is 10.2. The van der Waals surface area contributed by atoms with E-state index in [2.05, 4.69) is 17.1 Å². The van der Waals surface area contributed by atoms with Crippen LogP contribution in [0.5, 0.6) is 0 Å². The minimum atomic E-state index is 0.821.